The maximum Gasteiger partial charge on any atom is 0.327 e. The number of methoxy groups -OCH3 is 3. The van der Waals surface area contributed by atoms with E-state index < -0.39 is 17.5 Å². The zero-order valence-corrected chi connectivity index (χ0v) is 17.9. The van der Waals surface area contributed by atoms with Gasteiger partial charge in [-0.05, 0) is 18.9 Å². The van der Waals surface area contributed by atoms with E-state index in [-0.39, 0.29) is 19.0 Å². The normalized spacial score (nSPS) is 18.0. The predicted octanol–water partition coefficient (Wildman–Crippen LogP) is 1.93. The lowest BCUT2D eigenvalue weighted by molar-refractivity contribution is -0.137. The molecule has 1 saturated carbocycles. The smallest absolute Gasteiger partial charge is 0.327 e. The molecule has 164 valence electrons. The van der Waals surface area contributed by atoms with Gasteiger partial charge in [0.25, 0.3) is 5.91 Å². The van der Waals surface area contributed by atoms with Crippen molar-refractivity contribution in [2.24, 2.45) is 0 Å². The highest BCUT2D eigenvalue weighted by Gasteiger charge is 2.55. The van der Waals surface area contributed by atoms with Crippen LogP contribution in [0.15, 0.2) is 12.1 Å². The van der Waals surface area contributed by atoms with Crippen LogP contribution >= 0.6 is 0 Å². The zero-order chi connectivity index (χ0) is 21.9. The van der Waals surface area contributed by atoms with Crippen LogP contribution in [0.1, 0.15) is 37.7 Å². The Morgan fingerprint density at radius 3 is 2.20 bits per heavy atom. The first-order chi connectivity index (χ1) is 14.4. The van der Waals surface area contributed by atoms with Crippen LogP contribution in [0.2, 0.25) is 0 Å². The van der Waals surface area contributed by atoms with E-state index in [4.69, 9.17) is 14.2 Å². The molecule has 1 saturated heterocycles. The van der Waals surface area contributed by atoms with Crippen molar-refractivity contribution >= 4 is 17.8 Å². The van der Waals surface area contributed by atoms with E-state index in [2.05, 4.69) is 5.32 Å². The van der Waals surface area contributed by atoms with Crippen LogP contribution in [0.3, 0.4) is 0 Å². The lowest BCUT2D eigenvalue weighted by Crippen LogP contribution is -2.49. The van der Waals surface area contributed by atoms with Crippen LogP contribution in [0.5, 0.6) is 17.2 Å². The number of hydrogen-bond acceptors (Lipinski definition) is 6. The summed E-state index contributed by atoms with van der Waals surface area (Å²) in [5, 5.41) is 2.76. The van der Waals surface area contributed by atoms with Gasteiger partial charge in [0.15, 0.2) is 11.5 Å². The minimum Gasteiger partial charge on any atom is -0.496 e. The maximum absolute atomic E-state index is 13.0. The number of ether oxygens (including phenoxy) is 3. The molecule has 1 aliphatic heterocycles. The van der Waals surface area contributed by atoms with Gasteiger partial charge < -0.3 is 24.4 Å². The largest absolute Gasteiger partial charge is 0.496 e. The van der Waals surface area contributed by atoms with Crippen molar-refractivity contribution in [1.82, 2.24) is 15.1 Å². The quantitative estimate of drug-likeness (QED) is 0.679. The number of nitrogens with zero attached hydrogens (tertiary/aromatic N) is 2. The van der Waals surface area contributed by atoms with Gasteiger partial charge in [-0.1, -0.05) is 19.3 Å². The minimum absolute atomic E-state index is 0.152. The molecular formula is C21H29N3O6. The number of imide groups is 1. The molecule has 1 aromatic rings. The molecule has 0 aromatic heterocycles. The Morgan fingerprint density at radius 1 is 1.00 bits per heavy atom. The Balaban J connectivity index is 1.68. The second-order valence-corrected chi connectivity index (χ2v) is 7.62. The third-order valence-corrected chi connectivity index (χ3v) is 6.05. The van der Waals surface area contributed by atoms with Crippen molar-refractivity contribution < 1.29 is 28.6 Å². The number of hydrogen-bond donors (Lipinski definition) is 1. The molecule has 4 amide bonds. The van der Waals surface area contributed by atoms with Crippen molar-refractivity contribution in [3.63, 3.8) is 0 Å². The van der Waals surface area contributed by atoms with Gasteiger partial charge in [-0.2, -0.15) is 0 Å². The number of carbonyl (C=O) groups is 3. The van der Waals surface area contributed by atoms with Crippen LogP contribution in [0.25, 0.3) is 0 Å². The topological polar surface area (TPSA) is 97.4 Å². The standard InChI is InChI=1S/C21H29N3O6/c1-23-20(27)24(19(26)21(23)8-6-5-7-9-21)13-18(25)22-12-14-10-16(29-3)17(30-4)11-15(14)28-2/h10-11H,5-9,12-13H2,1-4H3,(H,22,25). The number of carbonyl (C=O) groups excluding carboxylic acids is 3. The maximum atomic E-state index is 13.0. The summed E-state index contributed by atoms with van der Waals surface area (Å²) in [7, 11) is 6.22. The Kier molecular flexibility index (Phi) is 6.38. The van der Waals surface area contributed by atoms with Crippen LogP contribution < -0.4 is 19.5 Å². The first-order valence-corrected chi connectivity index (χ1v) is 10.0. The van der Waals surface area contributed by atoms with Crippen molar-refractivity contribution in [1.29, 1.82) is 0 Å². The Labute approximate surface area is 176 Å². The monoisotopic (exact) mass is 419 g/mol. The van der Waals surface area contributed by atoms with Gasteiger partial charge >= 0.3 is 6.03 Å². The van der Waals surface area contributed by atoms with Crippen LogP contribution in [0, 0.1) is 0 Å². The number of benzene rings is 1. The fraction of sp³-hybridized carbons (Fsp3) is 0.571. The van der Waals surface area contributed by atoms with Gasteiger partial charge in [0, 0.05) is 25.2 Å². The molecule has 9 nitrogen and oxygen atoms in total. The number of rotatable bonds is 7. The first kappa shape index (κ1) is 21.7. The van der Waals surface area contributed by atoms with Crippen LogP contribution in [0.4, 0.5) is 4.79 Å². The lowest BCUT2D eigenvalue weighted by atomic mass is 9.81. The molecule has 1 heterocycles. The number of urea groups is 1. The summed E-state index contributed by atoms with van der Waals surface area (Å²) in [6.45, 7) is -0.154. The SMILES string of the molecule is COc1cc(OC)c(OC)cc1CNC(=O)CN1C(=O)N(C)C2(CCCCC2)C1=O. The molecule has 1 aromatic carbocycles. The molecule has 2 aliphatic rings. The molecule has 0 bridgehead atoms. The van der Waals surface area contributed by atoms with Crippen LogP contribution in [-0.2, 0) is 16.1 Å². The molecule has 2 fully saturated rings. The highest BCUT2D eigenvalue weighted by molar-refractivity contribution is 6.08. The number of nitrogens with one attached hydrogen (secondary N) is 1. The van der Waals surface area contributed by atoms with E-state index in [1.807, 2.05) is 0 Å². The van der Waals surface area contributed by atoms with Gasteiger partial charge in [0.05, 0.1) is 21.3 Å². The lowest BCUT2D eigenvalue weighted by Gasteiger charge is -2.35. The van der Waals surface area contributed by atoms with Crippen LogP contribution in [-0.4, -0.2) is 68.1 Å². The molecule has 0 unspecified atom stereocenters. The fourth-order valence-electron chi connectivity index (χ4n) is 4.29. The van der Waals surface area contributed by atoms with Gasteiger partial charge in [-0.25, -0.2) is 4.79 Å². The summed E-state index contributed by atoms with van der Waals surface area (Å²) < 4.78 is 15.9. The Morgan fingerprint density at radius 2 is 1.60 bits per heavy atom. The molecule has 0 atom stereocenters. The molecule has 9 heteroatoms. The van der Waals surface area contributed by atoms with Crippen molar-refractivity contribution in [2.45, 2.75) is 44.2 Å². The third kappa shape index (κ3) is 3.76. The summed E-state index contributed by atoms with van der Waals surface area (Å²) in [5.74, 6) is 0.859. The molecule has 1 N–H and O–H groups in total. The molecule has 3 rings (SSSR count). The van der Waals surface area contributed by atoms with Gasteiger partial charge in [-0.15, -0.1) is 0 Å². The second kappa shape index (κ2) is 8.81. The van der Waals surface area contributed by atoms with E-state index in [0.29, 0.717) is 35.7 Å². The third-order valence-electron chi connectivity index (χ3n) is 6.05. The van der Waals surface area contributed by atoms with E-state index in [9.17, 15) is 14.4 Å². The highest BCUT2D eigenvalue weighted by Crippen LogP contribution is 2.39. The Bertz CT molecular complexity index is 834. The predicted molar refractivity (Wildman–Crippen MR) is 109 cm³/mol. The summed E-state index contributed by atoms with van der Waals surface area (Å²) in [6.07, 6.45) is 4.17. The number of likely N-dealkylation sites (N-methyl/N-ethyl adjacent to an activating group) is 1. The molecule has 0 radical (unpaired) electrons. The first-order valence-electron chi connectivity index (χ1n) is 10.0. The van der Waals surface area contributed by atoms with Crippen molar-refractivity contribution in [3.05, 3.63) is 17.7 Å². The summed E-state index contributed by atoms with van der Waals surface area (Å²) in [4.78, 5) is 40.8. The second-order valence-electron chi connectivity index (χ2n) is 7.62. The average Bonchev–Trinajstić information content (AvgIpc) is 2.93. The summed E-state index contributed by atoms with van der Waals surface area (Å²) in [6, 6.07) is 2.98. The molecular weight excluding hydrogens is 390 g/mol. The fourth-order valence-corrected chi connectivity index (χ4v) is 4.29. The van der Waals surface area contributed by atoms with Gasteiger partial charge in [0.1, 0.15) is 17.8 Å². The van der Waals surface area contributed by atoms with Gasteiger partial charge in [0.2, 0.25) is 5.91 Å². The molecule has 1 spiro atoms. The van der Waals surface area contributed by atoms with Crippen molar-refractivity contribution in [3.8, 4) is 17.2 Å². The Hall–Kier alpha value is -2.97. The van der Waals surface area contributed by atoms with Gasteiger partial charge in [-0.3, -0.25) is 14.5 Å². The van der Waals surface area contributed by atoms with E-state index in [0.717, 1.165) is 24.2 Å². The van der Waals surface area contributed by atoms with E-state index >= 15 is 0 Å². The minimum atomic E-state index is -0.790. The molecule has 1 aliphatic carbocycles. The summed E-state index contributed by atoms with van der Waals surface area (Å²) in [5.41, 5.74) is -0.106. The average molecular weight is 419 g/mol. The highest BCUT2D eigenvalue weighted by atomic mass is 16.5. The van der Waals surface area contributed by atoms with E-state index in [1.165, 1.54) is 26.2 Å². The van der Waals surface area contributed by atoms with Crippen molar-refractivity contribution in [2.75, 3.05) is 34.9 Å². The molecule has 30 heavy (non-hydrogen) atoms. The summed E-state index contributed by atoms with van der Waals surface area (Å²) >= 11 is 0. The van der Waals surface area contributed by atoms with E-state index in [1.54, 1.807) is 19.2 Å². The zero-order valence-electron chi connectivity index (χ0n) is 17.9. The number of amides is 4.